The molecule has 2 N–H and O–H groups in total. The summed E-state index contributed by atoms with van der Waals surface area (Å²) in [7, 11) is 2.12. The van der Waals surface area contributed by atoms with Crippen molar-refractivity contribution in [3.05, 3.63) is 24.1 Å². The summed E-state index contributed by atoms with van der Waals surface area (Å²) >= 11 is 0. The zero-order chi connectivity index (χ0) is 12.7. The molecular formula is C14H19N3O. The van der Waals surface area contributed by atoms with Crippen LogP contribution in [0.5, 0.6) is 0 Å². The van der Waals surface area contributed by atoms with E-state index in [9.17, 15) is 0 Å². The zero-order valence-corrected chi connectivity index (χ0v) is 10.9. The minimum atomic E-state index is 0.713. The van der Waals surface area contributed by atoms with E-state index in [1.54, 1.807) is 0 Å². The van der Waals surface area contributed by atoms with Crippen molar-refractivity contribution in [2.24, 2.45) is 11.8 Å². The number of benzene rings is 1. The predicted octanol–water partition coefficient (Wildman–Crippen LogP) is 2.50. The van der Waals surface area contributed by atoms with Crippen molar-refractivity contribution < 1.29 is 4.42 Å². The molecule has 0 amide bonds. The lowest BCUT2D eigenvalue weighted by Crippen LogP contribution is -2.21. The van der Waals surface area contributed by atoms with Gasteiger partial charge in [0.05, 0.1) is 6.54 Å². The Morgan fingerprint density at radius 2 is 2.28 bits per heavy atom. The van der Waals surface area contributed by atoms with Gasteiger partial charge in [0.1, 0.15) is 5.52 Å². The summed E-state index contributed by atoms with van der Waals surface area (Å²) in [6.07, 6.45) is 1.36. The van der Waals surface area contributed by atoms with Crippen molar-refractivity contribution >= 4 is 16.8 Å². The fourth-order valence-corrected chi connectivity index (χ4v) is 2.41. The highest BCUT2D eigenvalue weighted by atomic mass is 16.3. The van der Waals surface area contributed by atoms with Gasteiger partial charge in [0.15, 0.2) is 5.58 Å². The van der Waals surface area contributed by atoms with E-state index in [1.807, 2.05) is 18.2 Å². The summed E-state index contributed by atoms with van der Waals surface area (Å²) in [5.41, 5.74) is 8.10. The summed E-state index contributed by atoms with van der Waals surface area (Å²) in [5.74, 6) is 2.51. The van der Waals surface area contributed by atoms with Gasteiger partial charge in [-0.15, -0.1) is 0 Å². The van der Waals surface area contributed by atoms with Crippen LogP contribution in [0.4, 0.5) is 5.69 Å². The molecule has 4 heteroatoms. The van der Waals surface area contributed by atoms with Gasteiger partial charge in [-0.25, -0.2) is 4.98 Å². The van der Waals surface area contributed by atoms with Gasteiger partial charge in [0.2, 0.25) is 5.89 Å². The second-order valence-electron chi connectivity index (χ2n) is 5.50. The standard InChI is InChI=1S/C14H19N3O/c1-9-5-10(9)7-17(2)8-14-16-12-4-3-11(15)6-13(12)18-14/h3-4,6,9-10H,5,7-8,15H2,1-2H3. The minimum absolute atomic E-state index is 0.713. The van der Waals surface area contributed by atoms with Crippen LogP contribution in [0.2, 0.25) is 0 Å². The van der Waals surface area contributed by atoms with Crippen molar-refractivity contribution in [1.29, 1.82) is 0 Å². The fourth-order valence-electron chi connectivity index (χ4n) is 2.41. The molecule has 2 atom stereocenters. The van der Waals surface area contributed by atoms with Crippen molar-refractivity contribution in [3.63, 3.8) is 0 Å². The van der Waals surface area contributed by atoms with Crippen LogP contribution in [0.25, 0.3) is 11.1 Å². The average Bonchev–Trinajstić information content (AvgIpc) is 2.85. The van der Waals surface area contributed by atoms with Crippen molar-refractivity contribution in [2.75, 3.05) is 19.3 Å². The number of aromatic nitrogens is 1. The highest BCUT2D eigenvalue weighted by molar-refractivity contribution is 5.76. The first-order chi connectivity index (χ1) is 8.61. The number of hydrogen-bond donors (Lipinski definition) is 1. The summed E-state index contributed by atoms with van der Waals surface area (Å²) in [6, 6.07) is 5.58. The Balaban J connectivity index is 1.70. The Labute approximate surface area is 107 Å². The molecule has 1 aliphatic rings. The van der Waals surface area contributed by atoms with Crippen LogP contribution in [0, 0.1) is 11.8 Å². The zero-order valence-electron chi connectivity index (χ0n) is 10.9. The molecule has 4 nitrogen and oxygen atoms in total. The molecule has 1 saturated carbocycles. The van der Waals surface area contributed by atoms with Crippen molar-refractivity contribution in [2.45, 2.75) is 19.9 Å². The molecule has 0 aliphatic heterocycles. The molecular weight excluding hydrogens is 226 g/mol. The third-order valence-corrected chi connectivity index (χ3v) is 3.68. The van der Waals surface area contributed by atoms with Gasteiger partial charge in [-0.05, 0) is 37.4 Å². The van der Waals surface area contributed by atoms with Gasteiger partial charge in [0.25, 0.3) is 0 Å². The van der Waals surface area contributed by atoms with E-state index in [1.165, 1.54) is 6.42 Å². The maximum atomic E-state index is 5.73. The fraction of sp³-hybridized carbons (Fsp3) is 0.500. The normalized spacial score (nSPS) is 22.8. The maximum absolute atomic E-state index is 5.73. The van der Waals surface area contributed by atoms with E-state index >= 15 is 0 Å². The van der Waals surface area contributed by atoms with E-state index in [0.29, 0.717) is 5.69 Å². The van der Waals surface area contributed by atoms with Gasteiger partial charge >= 0.3 is 0 Å². The number of oxazole rings is 1. The Morgan fingerprint density at radius 3 is 3.00 bits per heavy atom. The number of hydrogen-bond acceptors (Lipinski definition) is 4. The van der Waals surface area contributed by atoms with E-state index in [4.69, 9.17) is 10.2 Å². The number of nitrogens with zero attached hydrogens (tertiary/aromatic N) is 2. The van der Waals surface area contributed by atoms with Gasteiger partial charge < -0.3 is 10.2 Å². The van der Waals surface area contributed by atoms with Gasteiger partial charge in [0, 0.05) is 18.3 Å². The van der Waals surface area contributed by atoms with Crippen LogP contribution in [0.15, 0.2) is 22.6 Å². The van der Waals surface area contributed by atoms with Crippen LogP contribution in [-0.4, -0.2) is 23.5 Å². The topological polar surface area (TPSA) is 55.3 Å². The molecule has 0 radical (unpaired) electrons. The molecule has 1 aromatic carbocycles. The summed E-state index contributed by atoms with van der Waals surface area (Å²) < 4.78 is 5.72. The molecule has 3 rings (SSSR count). The highest BCUT2D eigenvalue weighted by Crippen LogP contribution is 2.38. The predicted molar refractivity (Wildman–Crippen MR) is 72.0 cm³/mol. The minimum Gasteiger partial charge on any atom is -0.439 e. The molecule has 1 aromatic heterocycles. The molecule has 18 heavy (non-hydrogen) atoms. The number of nitrogen functional groups attached to an aromatic ring is 1. The monoisotopic (exact) mass is 245 g/mol. The SMILES string of the molecule is CC1CC1CN(C)Cc1nc2ccc(N)cc2o1. The van der Waals surface area contributed by atoms with Crippen molar-refractivity contribution in [1.82, 2.24) is 9.88 Å². The van der Waals surface area contributed by atoms with E-state index in [0.717, 1.165) is 41.9 Å². The third kappa shape index (κ3) is 2.34. The van der Waals surface area contributed by atoms with Crippen LogP contribution in [0.1, 0.15) is 19.2 Å². The highest BCUT2D eigenvalue weighted by Gasteiger charge is 2.33. The second-order valence-corrected chi connectivity index (χ2v) is 5.50. The molecule has 0 saturated heterocycles. The number of anilines is 1. The second kappa shape index (κ2) is 4.28. The van der Waals surface area contributed by atoms with Crippen LogP contribution in [0.3, 0.4) is 0 Å². The first-order valence-electron chi connectivity index (χ1n) is 6.45. The van der Waals surface area contributed by atoms with Gasteiger partial charge in [-0.1, -0.05) is 6.92 Å². The molecule has 1 fully saturated rings. The van der Waals surface area contributed by atoms with Crippen LogP contribution >= 0.6 is 0 Å². The summed E-state index contributed by atoms with van der Waals surface area (Å²) in [5, 5.41) is 0. The number of nitrogens with two attached hydrogens (primary N) is 1. The average molecular weight is 245 g/mol. The Hall–Kier alpha value is -1.55. The lowest BCUT2D eigenvalue weighted by molar-refractivity contribution is 0.278. The molecule has 2 unspecified atom stereocenters. The molecule has 96 valence electrons. The van der Waals surface area contributed by atoms with Gasteiger partial charge in [-0.3, -0.25) is 4.90 Å². The van der Waals surface area contributed by atoms with E-state index < -0.39 is 0 Å². The Kier molecular flexibility index (Phi) is 2.74. The summed E-state index contributed by atoms with van der Waals surface area (Å²) in [4.78, 5) is 6.76. The van der Waals surface area contributed by atoms with Gasteiger partial charge in [-0.2, -0.15) is 0 Å². The Morgan fingerprint density at radius 1 is 1.50 bits per heavy atom. The lowest BCUT2D eigenvalue weighted by atomic mass is 10.3. The maximum Gasteiger partial charge on any atom is 0.209 e. The first kappa shape index (κ1) is 11.5. The number of fused-ring (bicyclic) bond motifs is 1. The van der Waals surface area contributed by atoms with Crippen molar-refractivity contribution in [3.8, 4) is 0 Å². The summed E-state index contributed by atoms with van der Waals surface area (Å²) in [6.45, 7) is 4.19. The lowest BCUT2D eigenvalue weighted by Gasteiger charge is -2.13. The quantitative estimate of drug-likeness (QED) is 0.841. The third-order valence-electron chi connectivity index (χ3n) is 3.68. The van der Waals surface area contributed by atoms with Crippen LogP contribution < -0.4 is 5.73 Å². The smallest absolute Gasteiger partial charge is 0.209 e. The largest absolute Gasteiger partial charge is 0.439 e. The van der Waals surface area contributed by atoms with E-state index in [-0.39, 0.29) is 0 Å². The Bertz CT molecular complexity index is 563. The van der Waals surface area contributed by atoms with E-state index in [2.05, 4.69) is 23.9 Å². The van der Waals surface area contributed by atoms with Crippen LogP contribution in [-0.2, 0) is 6.54 Å². The molecule has 0 bridgehead atoms. The first-order valence-corrected chi connectivity index (χ1v) is 6.45. The number of rotatable bonds is 4. The molecule has 1 aliphatic carbocycles. The molecule has 1 heterocycles. The molecule has 0 spiro atoms. The molecule has 2 aromatic rings.